The van der Waals surface area contributed by atoms with Crippen LogP contribution in [-0.2, 0) is 11.3 Å². The van der Waals surface area contributed by atoms with Crippen LogP contribution in [0, 0.1) is 5.92 Å². The first-order chi connectivity index (χ1) is 12.1. The Morgan fingerprint density at radius 1 is 1.16 bits per heavy atom. The molecule has 25 heavy (non-hydrogen) atoms. The second kappa shape index (κ2) is 8.34. The molecule has 0 radical (unpaired) electrons. The summed E-state index contributed by atoms with van der Waals surface area (Å²) in [4.78, 5) is 25.1. The van der Waals surface area contributed by atoms with Gasteiger partial charge in [0.1, 0.15) is 0 Å². The van der Waals surface area contributed by atoms with Gasteiger partial charge in [-0.05, 0) is 36.5 Å². The second-order valence-corrected chi connectivity index (χ2v) is 6.91. The van der Waals surface area contributed by atoms with Crippen LogP contribution in [0.2, 0.25) is 0 Å². The first kappa shape index (κ1) is 17.7. The zero-order valence-electron chi connectivity index (χ0n) is 14.4. The number of carboxylic acid groups (broad SMARTS) is 1. The van der Waals surface area contributed by atoms with E-state index in [1.807, 2.05) is 4.90 Å². The molecule has 1 saturated carbocycles. The second-order valence-electron chi connectivity index (χ2n) is 6.91. The van der Waals surface area contributed by atoms with Crippen molar-refractivity contribution in [3.63, 3.8) is 0 Å². The molecule has 6 heteroatoms. The van der Waals surface area contributed by atoms with Gasteiger partial charge in [0.2, 0.25) is 0 Å². The summed E-state index contributed by atoms with van der Waals surface area (Å²) in [5.74, 6) is -0.370. The van der Waals surface area contributed by atoms with E-state index in [2.05, 4.69) is 5.32 Å². The lowest BCUT2D eigenvalue weighted by Crippen LogP contribution is -2.51. The predicted molar refractivity (Wildman–Crippen MR) is 93.5 cm³/mol. The normalized spacial score (nSPS) is 21.8. The summed E-state index contributed by atoms with van der Waals surface area (Å²) in [6, 6.07) is 6.49. The minimum absolute atomic E-state index is 0.0774. The smallest absolute Gasteiger partial charge is 0.335 e. The van der Waals surface area contributed by atoms with Crippen molar-refractivity contribution in [2.45, 2.75) is 44.8 Å². The maximum Gasteiger partial charge on any atom is 0.335 e. The summed E-state index contributed by atoms with van der Waals surface area (Å²) in [5, 5.41) is 11.8. The van der Waals surface area contributed by atoms with Gasteiger partial charge in [-0.1, -0.05) is 31.4 Å². The van der Waals surface area contributed by atoms with E-state index in [0.717, 1.165) is 5.56 Å². The molecule has 136 valence electrons. The van der Waals surface area contributed by atoms with E-state index < -0.39 is 5.97 Å². The Morgan fingerprint density at radius 3 is 2.56 bits per heavy atom. The Balaban J connectivity index is 1.49. The summed E-state index contributed by atoms with van der Waals surface area (Å²) in [6.45, 7) is 2.27. The van der Waals surface area contributed by atoms with E-state index in [9.17, 15) is 9.59 Å². The molecule has 2 fully saturated rings. The van der Waals surface area contributed by atoms with Gasteiger partial charge in [-0.15, -0.1) is 0 Å². The molecule has 3 rings (SSSR count). The van der Waals surface area contributed by atoms with Crippen LogP contribution in [0.3, 0.4) is 0 Å². The SMILES string of the molecule is O=C(O)c1ccc(CNC(=O)N2CCOC(C3CCCCC3)C2)cc1. The molecule has 1 unspecified atom stereocenters. The third-order valence-corrected chi connectivity index (χ3v) is 5.20. The molecule has 0 spiro atoms. The average molecular weight is 346 g/mol. The van der Waals surface area contributed by atoms with E-state index in [4.69, 9.17) is 9.84 Å². The molecule has 2 N–H and O–H groups in total. The number of nitrogens with one attached hydrogen (secondary N) is 1. The summed E-state index contributed by atoms with van der Waals surface area (Å²) in [6.07, 6.45) is 6.42. The molecule has 1 aliphatic carbocycles. The number of amides is 2. The van der Waals surface area contributed by atoms with Crippen molar-refractivity contribution in [3.05, 3.63) is 35.4 Å². The molecule has 1 atom stereocenters. The molecule has 2 aliphatic rings. The van der Waals surface area contributed by atoms with E-state index in [0.29, 0.717) is 32.2 Å². The number of ether oxygens (including phenoxy) is 1. The highest BCUT2D eigenvalue weighted by Crippen LogP contribution is 2.29. The van der Waals surface area contributed by atoms with Gasteiger partial charge >= 0.3 is 12.0 Å². The predicted octanol–water partition coefficient (Wildman–Crippen LogP) is 2.88. The number of morpholine rings is 1. The number of nitrogens with zero attached hydrogens (tertiary/aromatic N) is 1. The van der Waals surface area contributed by atoms with Gasteiger partial charge in [0.05, 0.1) is 18.3 Å². The fourth-order valence-electron chi connectivity index (χ4n) is 3.71. The minimum Gasteiger partial charge on any atom is -0.478 e. The molecule has 2 amide bonds. The highest BCUT2D eigenvalue weighted by Gasteiger charge is 2.30. The molecule has 6 nitrogen and oxygen atoms in total. The lowest BCUT2D eigenvalue weighted by Gasteiger charge is -2.38. The number of rotatable bonds is 4. The zero-order chi connectivity index (χ0) is 17.6. The largest absolute Gasteiger partial charge is 0.478 e. The Labute approximate surface area is 148 Å². The zero-order valence-corrected chi connectivity index (χ0v) is 14.4. The van der Waals surface area contributed by atoms with Gasteiger partial charge < -0.3 is 20.1 Å². The standard InChI is InChI=1S/C19H26N2O4/c22-18(23)16-8-6-14(7-9-16)12-20-19(24)21-10-11-25-17(13-21)15-4-2-1-3-5-15/h6-9,15,17H,1-5,10-13H2,(H,20,24)(H,22,23). The molecule has 1 aromatic carbocycles. The minimum atomic E-state index is -0.947. The summed E-state index contributed by atoms with van der Waals surface area (Å²) >= 11 is 0. The molecular weight excluding hydrogens is 320 g/mol. The number of benzene rings is 1. The van der Waals surface area contributed by atoms with Crippen molar-refractivity contribution >= 4 is 12.0 Å². The lowest BCUT2D eigenvalue weighted by atomic mass is 9.84. The van der Waals surface area contributed by atoms with Crippen molar-refractivity contribution in [1.82, 2.24) is 10.2 Å². The Morgan fingerprint density at radius 2 is 1.88 bits per heavy atom. The summed E-state index contributed by atoms with van der Waals surface area (Å²) in [5.41, 5.74) is 1.13. The molecule has 1 aromatic rings. The van der Waals surface area contributed by atoms with Gasteiger partial charge in [-0.3, -0.25) is 0 Å². The molecule has 0 aromatic heterocycles. The summed E-state index contributed by atoms with van der Waals surface area (Å²) < 4.78 is 5.92. The fourth-order valence-corrected chi connectivity index (χ4v) is 3.71. The average Bonchev–Trinajstić information content (AvgIpc) is 2.67. The van der Waals surface area contributed by atoms with Crippen LogP contribution in [-0.4, -0.2) is 47.8 Å². The Hall–Kier alpha value is -2.08. The molecule has 1 saturated heterocycles. The molecule has 1 heterocycles. The highest BCUT2D eigenvalue weighted by atomic mass is 16.5. The number of carboxylic acids is 1. The van der Waals surface area contributed by atoms with Crippen molar-refractivity contribution in [3.8, 4) is 0 Å². The van der Waals surface area contributed by atoms with Crippen LogP contribution < -0.4 is 5.32 Å². The van der Waals surface area contributed by atoms with Crippen molar-refractivity contribution in [1.29, 1.82) is 0 Å². The lowest BCUT2D eigenvalue weighted by molar-refractivity contribution is -0.0525. The number of carbonyl (C=O) groups is 2. The number of carbonyl (C=O) groups excluding carboxylic acids is 1. The monoisotopic (exact) mass is 346 g/mol. The number of hydrogen-bond acceptors (Lipinski definition) is 3. The number of aromatic carboxylic acids is 1. The van der Waals surface area contributed by atoms with E-state index in [1.54, 1.807) is 24.3 Å². The van der Waals surface area contributed by atoms with Gasteiger partial charge in [0.15, 0.2) is 0 Å². The number of hydrogen-bond donors (Lipinski definition) is 2. The molecule has 1 aliphatic heterocycles. The maximum absolute atomic E-state index is 12.4. The third kappa shape index (κ3) is 4.72. The van der Waals surface area contributed by atoms with Crippen LogP contribution in [0.5, 0.6) is 0 Å². The molecule has 0 bridgehead atoms. The number of urea groups is 1. The third-order valence-electron chi connectivity index (χ3n) is 5.20. The highest BCUT2D eigenvalue weighted by molar-refractivity contribution is 5.87. The van der Waals surface area contributed by atoms with Crippen LogP contribution in [0.15, 0.2) is 24.3 Å². The van der Waals surface area contributed by atoms with Crippen LogP contribution in [0.1, 0.15) is 48.0 Å². The topological polar surface area (TPSA) is 78.9 Å². The van der Waals surface area contributed by atoms with Crippen LogP contribution in [0.4, 0.5) is 4.79 Å². The van der Waals surface area contributed by atoms with Gasteiger partial charge in [-0.2, -0.15) is 0 Å². The Bertz CT molecular complexity index is 596. The van der Waals surface area contributed by atoms with E-state index in [-0.39, 0.29) is 17.7 Å². The van der Waals surface area contributed by atoms with Gasteiger partial charge in [0.25, 0.3) is 0 Å². The van der Waals surface area contributed by atoms with Gasteiger partial charge in [0, 0.05) is 19.6 Å². The fraction of sp³-hybridized carbons (Fsp3) is 0.579. The summed E-state index contributed by atoms with van der Waals surface area (Å²) in [7, 11) is 0. The van der Waals surface area contributed by atoms with Crippen LogP contribution in [0.25, 0.3) is 0 Å². The van der Waals surface area contributed by atoms with Crippen molar-refractivity contribution < 1.29 is 19.4 Å². The van der Waals surface area contributed by atoms with Crippen molar-refractivity contribution in [2.75, 3.05) is 19.7 Å². The Kier molecular flexibility index (Phi) is 5.91. The first-order valence-electron chi connectivity index (χ1n) is 9.10. The molecular formula is C19H26N2O4. The van der Waals surface area contributed by atoms with E-state index >= 15 is 0 Å². The quantitative estimate of drug-likeness (QED) is 0.879. The van der Waals surface area contributed by atoms with Crippen molar-refractivity contribution in [2.24, 2.45) is 5.92 Å². The maximum atomic E-state index is 12.4. The first-order valence-corrected chi connectivity index (χ1v) is 9.10. The van der Waals surface area contributed by atoms with Crippen LogP contribution >= 0.6 is 0 Å². The van der Waals surface area contributed by atoms with Gasteiger partial charge in [-0.25, -0.2) is 9.59 Å². The van der Waals surface area contributed by atoms with E-state index in [1.165, 1.54) is 32.1 Å².